The Kier molecular flexibility index (Phi) is 9.49. The van der Waals surface area contributed by atoms with E-state index in [1.165, 1.54) is 30.2 Å². The maximum Gasteiger partial charge on any atom is 0.329 e. The van der Waals surface area contributed by atoms with Crippen molar-refractivity contribution in [2.45, 2.75) is 57.9 Å². The van der Waals surface area contributed by atoms with Crippen molar-refractivity contribution in [2.24, 2.45) is 0 Å². The third-order valence-corrected chi connectivity index (χ3v) is 3.97. The van der Waals surface area contributed by atoms with Crippen LogP contribution in [0.3, 0.4) is 0 Å². The van der Waals surface area contributed by atoms with Crippen LogP contribution in [0.25, 0.3) is 0 Å². The zero-order chi connectivity index (χ0) is 17.8. The first-order valence-electron chi connectivity index (χ1n) is 8.63. The molecule has 1 aromatic rings. The summed E-state index contributed by atoms with van der Waals surface area (Å²) < 4.78 is 5.37. The number of amides is 1. The van der Waals surface area contributed by atoms with Crippen molar-refractivity contribution >= 4 is 11.9 Å². The molecule has 0 aliphatic heterocycles. The summed E-state index contributed by atoms with van der Waals surface area (Å²) in [5.74, 6) is -0.702. The SMILES string of the molecule is C=CC(=O)N(C)[C@@H](Cc1cnc[nH]1)C(=O)OCCCCCCCC. The number of nitrogens with one attached hydrogen (secondary N) is 1. The predicted molar refractivity (Wildman–Crippen MR) is 93.4 cm³/mol. The molecule has 24 heavy (non-hydrogen) atoms. The maximum absolute atomic E-state index is 12.4. The van der Waals surface area contributed by atoms with Gasteiger partial charge in [0.1, 0.15) is 6.04 Å². The number of hydrogen-bond donors (Lipinski definition) is 1. The van der Waals surface area contributed by atoms with Crippen LogP contribution < -0.4 is 0 Å². The number of imidazole rings is 1. The van der Waals surface area contributed by atoms with Gasteiger partial charge in [-0.05, 0) is 12.5 Å². The summed E-state index contributed by atoms with van der Waals surface area (Å²) in [5.41, 5.74) is 0.778. The third kappa shape index (κ3) is 6.98. The Morgan fingerprint density at radius 3 is 2.67 bits per heavy atom. The lowest BCUT2D eigenvalue weighted by molar-refractivity contribution is -0.153. The van der Waals surface area contributed by atoms with Crippen LogP contribution in [0, 0.1) is 0 Å². The van der Waals surface area contributed by atoms with E-state index in [9.17, 15) is 9.59 Å². The van der Waals surface area contributed by atoms with Crippen molar-refractivity contribution < 1.29 is 14.3 Å². The standard InChI is InChI=1S/C18H29N3O3/c1-4-6-7-8-9-10-11-24-18(23)16(21(3)17(22)5-2)12-15-13-19-14-20-15/h5,13-14,16H,2,4,6-12H2,1,3H3,(H,19,20)/t16-/m0/s1. The number of hydrogen-bond acceptors (Lipinski definition) is 4. The summed E-state index contributed by atoms with van der Waals surface area (Å²) in [6.07, 6.45) is 11.5. The molecule has 0 fully saturated rings. The van der Waals surface area contributed by atoms with Crippen LogP contribution >= 0.6 is 0 Å². The van der Waals surface area contributed by atoms with Gasteiger partial charge in [-0.25, -0.2) is 9.78 Å². The highest BCUT2D eigenvalue weighted by atomic mass is 16.5. The minimum absolute atomic E-state index is 0.309. The second-order valence-corrected chi connectivity index (χ2v) is 5.89. The van der Waals surface area contributed by atoms with Gasteiger partial charge in [0.15, 0.2) is 0 Å². The van der Waals surface area contributed by atoms with Gasteiger partial charge in [0, 0.05) is 25.4 Å². The van der Waals surface area contributed by atoms with Crippen LogP contribution in [0.4, 0.5) is 0 Å². The van der Waals surface area contributed by atoms with E-state index in [0.717, 1.165) is 25.0 Å². The Bertz CT molecular complexity index is 500. The average Bonchev–Trinajstić information content (AvgIpc) is 3.10. The quantitative estimate of drug-likeness (QED) is 0.362. The zero-order valence-corrected chi connectivity index (χ0v) is 14.8. The second-order valence-electron chi connectivity index (χ2n) is 5.89. The minimum atomic E-state index is -0.684. The van der Waals surface area contributed by atoms with Crippen LogP contribution in [0.5, 0.6) is 0 Å². The summed E-state index contributed by atoms with van der Waals surface area (Å²) in [6, 6.07) is -0.684. The second kappa shape index (κ2) is 11.4. The highest BCUT2D eigenvalue weighted by molar-refractivity contribution is 5.91. The molecule has 0 unspecified atom stereocenters. The zero-order valence-electron chi connectivity index (χ0n) is 14.8. The molecule has 6 nitrogen and oxygen atoms in total. The molecule has 1 amide bonds. The van der Waals surface area contributed by atoms with Gasteiger partial charge < -0.3 is 14.6 Å². The highest BCUT2D eigenvalue weighted by Crippen LogP contribution is 2.10. The van der Waals surface area contributed by atoms with E-state index < -0.39 is 12.0 Å². The Labute approximate surface area is 144 Å². The van der Waals surface area contributed by atoms with E-state index in [1.807, 2.05) is 0 Å². The molecule has 1 rings (SSSR count). The van der Waals surface area contributed by atoms with Crippen LogP contribution in [0.2, 0.25) is 0 Å². The largest absolute Gasteiger partial charge is 0.464 e. The molecule has 1 N–H and O–H groups in total. The number of aromatic amines is 1. The molecule has 0 bridgehead atoms. The van der Waals surface area contributed by atoms with Crippen molar-refractivity contribution in [3.8, 4) is 0 Å². The van der Waals surface area contributed by atoms with Gasteiger partial charge in [-0.3, -0.25) is 4.79 Å². The van der Waals surface area contributed by atoms with Gasteiger partial charge in [-0.2, -0.15) is 0 Å². The summed E-state index contributed by atoms with van der Waals surface area (Å²) in [6.45, 7) is 6.04. The van der Waals surface area contributed by atoms with Gasteiger partial charge >= 0.3 is 5.97 Å². The summed E-state index contributed by atoms with van der Waals surface area (Å²) in [7, 11) is 1.58. The van der Waals surface area contributed by atoms with Gasteiger partial charge in [-0.1, -0.05) is 45.6 Å². The number of aromatic nitrogens is 2. The number of H-pyrrole nitrogens is 1. The first kappa shape index (κ1) is 19.9. The number of esters is 1. The number of rotatable bonds is 12. The highest BCUT2D eigenvalue weighted by Gasteiger charge is 2.27. The van der Waals surface area contributed by atoms with Gasteiger partial charge in [0.2, 0.25) is 5.91 Å². The molecule has 0 spiro atoms. The van der Waals surface area contributed by atoms with E-state index in [0.29, 0.717) is 13.0 Å². The molecule has 1 atom stereocenters. The first-order chi connectivity index (χ1) is 11.6. The third-order valence-electron chi connectivity index (χ3n) is 3.97. The summed E-state index contributed by atoms with van der Waals surface area (Å²) in [5, 5.41) is 0. The van der Waals surface area contributed by atoms with E-state index in [-0.39, 0.29) is 5.91 Å². The summed E-state index contributed by atoms with van der Waals surface area (Å²) >= 11 is 0. The molecule has 134 valence electrons. The molecule has 0 radical (unpaired) electrons. The topological polar surface area (TPSA) is 75.3 Å². The maximum atomic E-state index is 12.4. The Morgan fingerprint density at radius 1 is 1.33 bits per heavy atom. The lowest BCUT2D eigenvalue weighted by Gasteiger charge is -2.25. The van der Waals surface area contributed by atoms with Crippen LogP contribution in [0.15, 0.2) is 25.2 Å². The van der Waals surface area contributed by atoms with E-state index in [2.05, 4.69) is 23.5 Å². The monoisotopic (exact) mass is 335 g/mol. The van der Waals surface area contributed by atoms with Gasteiger partial charge in [0.25, 0.3) is 0 Å². The van der Waals surface area contributed by atoms with Crippen molar-refractivity contribution in [3.05, 3.63) is 30.9 Å². The number of likely N-dealkylation sites (N-methyl/N-ethyl adjacent to an activating group) is 1. The van der Waals surface area contributed by atoms with Crippen LogP contribution in [-0.2, 0) is 20.7 Å². The number of nitrogens with zero attached hydrogens (tertiary/aromatic N) is 2. The number of unbranched alkanes of at least 4 members (excludes halogenated alkanes) is 5. The Morgan fingerprint density at radius 2 is 2.04 bits per heavy atom. The van der Waals surface area contributed by atoms with Crippen LogP contribution in [0.1, 0.15) is 51.1 Å². The predicted octanol–water partition coefficient (Wildman–Crippen LogP) is 2.87. The molecule has 0 aliphatic rings. The van der Waals surface area contributed by atoms with Gasteiger partial charge in [-0.15, -0.1) is 0 Å². The fourth-order valence-electron chi connectivity index (χ4n) is 2.43. The number of ether oxygens (including phenoxy) is 1. The molecule has 0 saturated carbocycles. The Balaban J connectivity index is 2.48. The van der Waals surface area contributed by atoms with Crippen molar-refractivity contribution in [1.29, 1.82) is 0 Å². The lowest BCUT2D eigenvalue weighted by atomic mass is 10.1. The molecular formula is C18H29N3O3. The van der Waals surface area contributed by atoms with E-state index >= 15 is 0 Å². The van der Waals surface area contributed by atoms with Crippen molar-refractivity contribution in [2.75, 3.05) is 13.7 Å². The average molecular weight is 335 g/mol. The van der Waals surface area contributed by atoms with Crippen molar-refractivity contribution in [3.63, 3.8) is 0 Å². The fourth-order valence-corrected chi connectivity index (χ4v) is 2.43. The summed E-state index contributed by atoms with van der Waals surface area (Å²) in [4.78, 5) is 32.5. The normalized spacial score (nSPS) is 11.8. The number of carbonyl (C=O) groups excluding carboxylic acids is 2. The molecule has 1 aromatic heterocycles. The lowest BCUT2D eigenvalue weighted by Crippen LogP contribution is -2.44. The number of carbonyl (C=O) groups is 2. The van der Waals surface area contributed by atoms with Crippen molar-refractivity contribution in [1.82, 2.24) is 14.9 Å². The van der Waals surface area contributed by atoms with Gasteiger partial charge in [0.05, 0.1) is 12.9 Å². The van der Waals surface area contributed by atoms with E-state index in [4.69, 9.17) is 4.74 Å². The minimum Gasteiger partial charge on any atom is -0.464 e. The molecule has 0 saturated heterocycles. The molecular weight excluding hydrogens is 306 g/mol. The Hall–Kier alpha value is -2.11. The van der Waals surface area contributed by atoms with Crippen LogP contribution in [-0.4, -0.2) is 46.4 Å². The smallest absolute Gasteiger partial charge is 0.329 e. The fraction of sp³-hybridized carbons (Fsp3) is 0.611. The molecule has 6 heteroatoms. The molecule has 0 aromatic carbocycles. The first-order valence-corrected chi connectivity index (χ1v) is 8.63. The molecule has 1 heterocycles. The molecule has 0 aliphatic carbocycles. The van der Waals surface area contributed by atoms with E-state index in [1.54, 1.807) is 19.6 Å².